The van der Waals surface area contributed by atoms with Crippen molar-refractivity contribution in [3.63, 3.8) is 0 Å². The van der Waals surface area contributed by atoms with Crippen molar-refractivity contribution in [2.45, 2.75) is 16.7 Å². The normalized spacial score (nSPS) is 15.7. The Morgan fingerprint density at radius 1 is 1.04 bits per heavy atom. The highest BCUT2D eigenvalue weighted by Gasteiger charge is 2.31. The van der Waals surface area contributed by atoms with Gasteiger partial charge in [0.15, 0.2) is 0 Å². The molecule has 2 aromatic rings. The third-order valence-corrected chi connectivity index (χ3v) is 8.34. The van der Waals surface area contributed by atoms with Gasteiger partial charge in [0.05, 0.1) is 10.6 Å². The SMILES string of the molecule is Cc1ccc(SCC(=O)N2CCN(S(=O)(=O)c3ccccc3Br)CC2)cc1. The largest absolute Gasteiger partial charge is 0.339 e. The first-order valence-corrected chi connectivity index (χ1v) is 11.8. The Kier molecular flexibility index (Phi) is 6.62. The average Bonchev–Trinajstić information content (AvgIpc) is 2.67. The Balaban J connectivity index is 1.56. The van der Waals surface area contributed by atoms with Crippen molar-refractivity contribution in [3.8, 4) is 0 Å². The molecule has 0 aromatic heterocycles. The number of carbonyl (C=O) groups is 1. The van der Waals surface area contributed by atoms with Crippen molar-refractivity contribution in [1.82, 2.24) is 9.21 Å². The second-order valence-electron chi connectivity index (χ2n) is 6.32. The molecule has 0 bridgehead atoms. The quantitative estimate of drug-likeness (QED) is 0.631. The molecule has 0 unspecified atom stereocenters. The van der Waals surface area contributed by atoms with Gasteiger partial charge in [0.2, 0.25) is 15.9 Å². The van der Waals surface area contributed by atoms with E-state index in [0.29, 0.717) is 36.4 Å². The molecule has 1 aliphatic heterocycles. The van der Waals surface area contributed by atoms with Crippen LogP contribution >= 0.6 is 27.7 Å². The van der Waals surface area contributed by atoms with Crippen molar-refractivity contribution in [1.29, 1.82) is 0 Å². The van der Waals surface area contributed by atoms with Crippen LogP contribution in [0.15, 0.2) is 62.8 Å². The number of thioether (sulfide) groups is 1. The Hall–Kier alpha value is -1.35. The lowest BCUT2D eigenvalue weighted by Gasteiger charge is -2.34. The molecule has 0 atom stereocenters. The van der Waals surface area contributed by atoms with Crippen molar-refractivity contribution in [2.75, 3.05) is 31.9 Å². The number of amides is 1. The van der Waals surface area contributed by atoms with E-state index in [1.54, 1.807) is 29.2 Å². The molecular formula is C19H21BrN2O3S2. The monoisotopic (exact) mass is 468 g/mol. The Morgan fingerprint density at radius 2 is 1.67 bits per heavy atom. The third-order valence-electron chi connectivity index (χ3n) is 4.43. The number of nitrogens with zero attached hydrogens (tertiary/aromatic N) is 2. The van der Waals surface area contributed by atoms with E-state index in [9.17, 15) is 13.2 Å². The molecule has 144 valence electrons. The number of aryl methyl sites for hydroxylation is 1. The molecule has 0 N–H and O–H groups in total. The fourth-order valence-corrected chi connectivity index (χ4v) is 6.03. The number of piperazine rings is 1. The molecule has 2 aromatic carbocycles. The highest BCUT2D eigenvalue weighted by molar-refractivity contribution is 9.10. The van der Waals surface area contributed by atoms with Gasteiger partial charge in [-0.1, -0.05) is 29.8 Å². The summed E-state index contributed by atoms with van der Waals surface area (Å²) < 4.78 is 27.6. The van der Waals surface area contributed by atoms with Gasteiger partial charge in [0, 0.05) is 35.5 Å². The number of hydrogen-bond donors (Lipinski definition) is 0. The van der Waals surface area contributed by atoms with E-state index in [0.717, 1.165) is 4.90 Å². The number of halogens is 1. The zero-order valence-electron chi connectivity index (χ0n) is 15.0. The topological polar surface area (TPSA) is 57.7 Å². The molecule has 1 saturated heterocycles. The highest BCUT2D eigenvalue weighted by Crippen LogP contribution is 2.26. The number of benzene rings is 2. The smallest absolute Gasteiger partial charge is 0.244 e. The lowest BCUT2D eigenvalue weighted by Crippen LogP contribution is -2.51. The Bertz CT molecular complexity index is 909. The second-order valence-corrected chi connectivity index (χ2v) is 10.1. The first kappa shape index (κ1) is 20.4. The van der Waals surface area contributed by atoms with Crippen molar-refractivity contribution in [3.05, 3.63) is 58.6 Å². The van der Waals surface area contributed by atoms with Gasteiger partial charge in [0.1, 0.15) is 0 Å². The Morgan fingerprint density at radius 3 is 2.30 bits per heavy atom. The molecule has 1 aliphatic rings. The van der Waals surface area contributed by atoms with Crippen LogP contribution in [0.4, 0.5) is 0 Å². The van der Waals surface area contributed by atoms with Crippen LogP contribution in [0.5, 0.6) is 0 Å². The van der Waals surface area contributed by atoms with Gasteiger partial charge in [-0.05, 0) is 47.1 Å². The number of hydrogen-bond acceptors (Lipinski definition) is 4. The molecule has 27 heavy (non-hydrogen) atoms. The van der Waals surface area contributed by atoms with Gasteiger partial charge in [-0.25, -0.2) is 8.42 Å². The maximum Gasteiger partial charge on any atom is 0.244 e. The summed E-state index contributed by atoms with van der Waals surface area (Å²) in [6, 6.07) is 14.9. The van der Waals surface area contributed by atoms with Gasteiger partial charge in [-0.15, -0.1) is 11.8 Å². The van der Waals surface area contributed by atoms with Crippen LogP contribution in [-0.4, -0.2) is 55.5 Å². The minimum Gasteiger partial charge on any atom is -0.339 e. The van der Waals surface area contributed by atoms with E-state index < -0.39 is 10.0 Å². The summed E-state index contributed by atoms with van der Waals surface area (Å²) in [5, 5.41) is 0. The van der Waals surface area contributed by atoms with Crippen molar-refractivity contribution in [2.24, 2.45) is 0 Å². The molecule has 0 radical (unpaired) electrons. The van der Waals surface area contributed by atoms with E-state index >= 15 is 0 Å². The highest BCUT2D eigenvalue weighted by atomic mass is 79.9. The average molecular weight is 469 g/mol. The van der Waals surface area contributed by atoms with Crippen LogP contribution in [0.1, 0.15) is 5.56 Å². The molecule has 8 heteroatoms. The summed E-state index contributed by atoms with van der Waals surface area (Å²) in [6.45, 7) is 3.48. The maximum absolute atomic E-state index is 12.8. The molecule has 3 rings (SSSR count). The Labute approximate surface area is 172 Å². The summed E-state index contributed by atoms with van der Waals surface area (Å²) in [7, 11) is -3.56. The van der Waals surface area contributed by atoms with Crippen LogP contribution < -0.4 is 0 Å². The van der Waals surface area contributed by atoms with Crippen molar-refractivity contribution >= 4 is 43.6 Å². The second kappa shape index (κ2) is 8.77. The van der Waals surface area contributed by atoms with E-state index in [1.807, 2.05) is 31.2 Å². The summed E-state index contributed by atoms with van der Waals surface area (Å²) in [6.07, 6.45) is 0. The molecule has 1 amide bonds. The van der Waals surface area contributed by atoms with Crippen LogP contribution in [0, 0.1) is 6.92 Å². The molecule has 1 heterocycles. The van der Waals surface area contributed by atoms with Crippen LogP contribution in [0.2, 0.25) is 0 Å². The molecule has 1 fully saturated rings. The number of sulfonamides is 1. The van der Waals surface area contributed by atoms with Crippen LogP contribution in [-0.2, 0) is 14.8 Å². The van der Waals surface area contributed by atoms with E-state index in [-0.39, 0.29) is 10.8 Å². The summed E-state index contributed by atoms with van der Waals surface area (Å²) >= 11 is 4.81. The molecule has 0 spiro atoms. The molecular weight excluding hydrogens is 448 g/mol. The van der Waals surface area contributed by atoms with Gasteiger partial charge in [-0.2, -0.15) is 4.31 Å². The lowest BCUT2D eigenvalue weighted by atomic mass is 10.2. The summed E-state index contributed by atoms with van der Waals surface area (Å²) in [4.78, 5) is 15.5. The lowest BCUT2D eigenvalue weighted by molar-refractivity contribution is -0.129. The zero-order valence-corrected chi connectivity index (χ0v) is 18.2. The van der Waals surface area contributed by atoms with Gasteiger partial charge in [0.25, 0.3) is 0 Å². The molecule has 0 aliphatic carbocycles. The third kappa shape index (κ3) is 4.93. The number of carbonyl (C=O) groups excluding carboxylic acids is 1. The van der Waals surface area contributed by atoms with Gasteiger partial charge in [-0.3, -0.25) is 4.79 Å². The molecule has 5 nitrogen and oxygen atoms in total. The van der Waals surface area contributed by atoms with Crippen LogP contribution in [0.25, 0.3) is 0 Å². The van der Waals surface area contributed by atoms with E-state index in [4.69, 9.17) is 0 Å². The fourth-order valence-electron chi connectivity index (χ4n) is 2.84. The fraction of sp³-hybridized carbons (Fsp3) is 0.316. The summed E-state index contributed by atoms with van der Waals surface area (Å²) in [5.74, 6) is 0.401. The standard InChI is InChI=1S/C19H21BrN2O3S2/c1-15-6-8-16(9-7-15)26-14-19(23)21-10-12-22(13-11-21)27(24,25)18-5-3-2-4-17(18)20/h2-9H,10-14H2,1H3. The maximum atomic E-state index is 12.8. The summed E-state index contributed by atoms with van der Waals surface area (Å²) in [5.41, 5.74) is 1.19. The first-order valence-electron chi connectivity index (χ1n) is 8.60. The zero-order chi connectivity index (χ0) is 19.4. The minimum atomic E-state index is -3.56. The van der Waals surface area contributed by atoms with Gasteiger partial charge < -0.3 is 4.90 Å². The predicted octanol–water partition coefficient (Wildman–Crippen LogP) is 3.38. The van der Waals surface area contributed by atoms with Crippen LogP contribution in [0.3, 0.4) is 0 Å². The minimum absolute atomic E-state index is 0.0403. The molecule has 0 saturated carbocycles. The predicted molar refractivity (Wildman–Crippen MR) is 111 cm³/mol. The van der Waals surface area contributed by atoms with Gasteiger partial charge >= 0.3 is 0 Å². The first-order chi connectivity index (χ1) is 12.9. The number of rotatable bonds is 5. The van der Waals surface area contributed by atoms with E-state index in [2.05, 4.69) is 15.9 Å². The van der Waals surface area contributed by atoms with E-state index in [1.165, 1.54) is 21.6 Å². The van der Waals surface area contributed by atoms with Crippen molar-refractivity contribution < 1.29 is 13.2 Å².